The number of nitrogens with zero attached hydrogens (tertiary/aromatic N) is 3. The van der Waals surface area contributed by atoms with Crippen LogP contribution in [0.1, 0.15) is 11.1 Å². The van der Waals surface area contributed by atoms with Crippen LogP contribution in [0.5, 0.6) is 0 Å². The minimum absolute atomic E-state index is 0.225. The van der Waals surface area contributed by atoms with E-state index in [0.717, 1.165) is 28.9 Å². The molecular formula is C22H22ClN3O2S2. The Bertz CT molecular complexity index is 1130. The van der Waals surface area contributed by atoms with Gasteiger partial charge in [0.05, 0.1) is 28.4 Å². The summed E-state index contributed by atoms with van der Waals surface area (Å²) < 4.78 is 29.7. The van der Waals surface area contributed by atoms with Crippen molar-refractivity contribution in [2.24, 2.45) is 4.99 Å². The Morgan fingerprint density at radius 2 is 1.63 bits per heavy atom. The van der Waals surface area contributed by atoms with Crippen molar-refractivity contribution in [3.63, 3.8) is 0 Å². The van der Waals surface area contributed by atoms with Crippen LogP contribution in [0.2, 0.25) is 5.02 Å². The molecule has 0 saturated heterocycles. The van der Waals surface area contributed by atoms with Crippen molar-refractivity contribution in [3.05, 3.63) is 88.9 Å². The summed E-state index contributed by atoms with van der Waals surface area (Å²) in [6, 6.07) is 21.2. The molecule has 0 saturated carbocycles. The minimum atomic E-state index is -3.79. The van der Waals surface area contributed by atoms with Crippen LogP contribution >= 0.6 is 23.7 Å². The average molecular weight is 460 g/mol. The molecule has 0 aliphatic rings. The number of aryl methyl sites for hydroxylation is 2. The normalized spacial score (nSPS) is 11.6. The molecule has 0 radical (unpaired) electrons. The first-order valence-electron chi connectivity index (χ1n) is 9.16. The van der Waals surface area contributed by atoms with Crippen LogP contribution in [0.3, 0.4) is 0 Å². The smallest absolute Gasteiger partial charge is 0.275 e. The summed E-state index contributed by atoms with van der Waals surface area (Å²) >= 11 is 7.03. The van der Waals surface area contributed by atoms with E-state index >= 15 is 0 Å². The highest BCUT2D eigenvalue weighted by Gasteiger charge is 2.27. The monoisotopic (exact) mass is 459 g/mol. The van der Waals surface area contributed by atoms with E-state index in [4.69, 9.17) is 11.6 Å². The van der Waals surface area contributed by atoms with Gasteiger partial charge in [-0.15, -0.1) is 0 Å². The molecule has 0 heterocycles. The van der Waals surface area contributed by atoms with E-state index < -0.39 is 10.0 Å². The van der Waals surface area contributed by atoms with Crippen LogP contribution in [0.15, 0.2) is 82.7 Å². The Morgan fingerprint density at radius 1 is 0.967 bits per heavy atom. The lowest BCUT2D eigenvalue weighted by atomic mass is 10.2. The van der Waals surface area contributed by atoms with E-state index in [1.165, 1.54) is 3.71 Å². The Morgan fingerprint density at radius 3 is 2.27 bits per heavy atom. The van der Waals surface area contributed by atoms with Crippen molar-refractivity contribution in [1.29, 1.82) is 0 Å². The van der Waals surface area contributed by atoms with Crippen LogP contribution < -0.4 is 3.71 Å². The molecule has 0 aromatic heterocycles. The van der Waals surface area contributed by atoms with Crippen molar-refractivity contribution >= 4 is 51.5 Å². The first-order valence-corrected chi connectivity index (χ1v) is 11.7. The van der Waals surface area contributed by atoms with Gasteiger partial charge >= 0.3 is 0 Å². The average Bonchev–Trinajstić information content (AvgIpc) is 2.72. The van der Waals surface area contributed by atoms with Crippen LogP contribution in [-0.4, -0.2) is 26.1 Å². The Labute approximate surface area is 187 Å². The van der Waals surface area contributed by atoms with Gasteiger partial charge in [0.2, 0.25) is 0 Å². The number of benzene rings is 3. The number of hydrogen-bond donors (Lipinski definition) is 0. The number of hydrogen-bond acceptors (Lipinski definition) is 4. The number of rotatable bonds is 7. The SMILES string of the molecule is Cc1ccc(S(=O)(=O)N(SN(C)C=Nc2ccc(Cl)cc2C)c2ccccc2)cc1. The van der Waals surface area contributed by atoms with E-state index in [1.807, 2.05) is 32.0 Å². The van der Waals surface area contributed by atoms with Gasteiger partial charge in [-0.05, 0) is 61.9 Å². The van der Waals surface area contributed by atoms with Crippen LogP contribution in [0, 0.1) is 13.8 Å². The Balaban J connectivity index is 1.89. The third-order valence-electron chi connectivity index (χ3n) is 4.23. The summed E-state index contributed by atoms with van der Waals surface area (Å²) in [6.07, 6.45) is 1.58. The lowest BCUT2D eigenvalue weighted by molar-refractivity contribution is 0.598. The summed E-state index contributed by atoms with van der Waals surface area (Å²) in [5.74, 6) is 0. The van der Waals surface area contributed by atoms with Crippen LogP contribution in [-0.2, 0) is 10.0 Å². The second kappa shape index (κ2) is 9.55. The fourth-order valence-electron chi connectivity index (χ4n) is 2.63. The number of aliphatic imine (C=N–C) groups is 1. The van der Waals surface area contributed by atoms with Crippen molar-refractivity contribution < 1.29 is 8.42 Å². The second-order valence-corrected chi connectivity index (χ2v) is 10.2. The van der Waals surface area contributed by atoms with Gasteiger partial charge in [-0.3, -0.25) is 4.31 Å². The van der Waals surface area contributed by atoms with Crippen LogP contribution in [0.25, 0.3) is 0 Å². The predicted molar refractivity (Wildman–Crippen MR) is 127 cm³/mol. The summed E-state index contributed by atoms with van der Waals surface area (Å²) in [5, 5.41) is 0.647. The molecule has 0 unspecified atom stereocenters. The van der Waals surface area contributed by atoms with Crippen molar-refractivity contribution in [2.45, 2.75) is 18.7 Å². The van der Waals surface area contributed by atoms with Gasteiger partial charge < -0.3 is 0 Å². The van der Waals surface area contributed by atoms with Gasteiger partial charge in [0.25, 0.3) is 10.0 Å². The van der Waals surface area contributed by atoms with Gasteiger partial charge in [-0.1, -0.05) is 47.5 Å². The summed E-state index contributed by atoms with van der Waals surface area (Å²) in [6.45, 7) is 3.84. The lowest BCUT2D eigenvalue weighted by Crippen LogP contribution is -2.28. The quantitative estimate of drug-likeness (QED) is 0.247. The van der Waals surface area contributed by atoms with Crippen molar-refractivity contribution in [3.8, 4) is 0 Å². The minimum Gasteiger partial charge on any atom is -0.291 e. The number of anilines is 1. The Hall–Kier alpha value is -2.48. The molecule has 0 aliphatic heterocycles. The molecule has 5 nitrogen and oxygen atoms in total. The van der Waals surface area contributed by atoms with E-state index in [1.54, 1.807) is 72.3 Å². The third kappa shape index (κ3) is 5.36. The van der Waals surface area contributed by atoms with E-state index in [2.05, 4.69) is 4.99 Å². The third-order valence-corrected chi connectivity index (χ3v) is 7.48. The zero-order valence-electron chi connectivity index (χ0n) is 16.9. The number of sulfonamides is 1. The second-order valence-electron chi connectivity index (χ2n) is 6.68. The number of para-hydroxylation sites is 1. The zero-order valence-corrected chi connectivity index (χ0v) is 19.2. The molecule has 0 aliphatic carbocycles. The van der Waals surface area contributed by atoms with Gasteiger partial charge in [-0.2, -0.15) is 3.71 Å². The van der Waals surface area contributed by atoms with Gasteiger partial charge in [0.15, 0.2) is 0 Å². The van der Waals surface area contributed by atoms with Gasteiger partial charge in [-0.25, -0.2) is 13.4 Å². The van der Waals surface area contributed by atoms with E-state index in [0.29, 0.717) is 10.7 Å². The molecule has 3 aromatic carbocycles. The molecule has 0 fully saturated rings. The van der Waals surface area contributed by atoms with Crippen molar-refractivity contribution in [1.82, 2.24) is 4.31 Å². The molecule has 8 heteroatoms. The molecule has 0 spiro atoms. The molecular weight excluding hydrogens is 438 g/mol. The van der Waals surface area contributed by atoms with Crippen LogP contribution in [0.4, 0.5) is 11.4 Å². The molecule has 156 valence electrons. The van der Waals surface area contributed by atoms with Crippen molar-refractivity contribution in [2.75, 3.05) is 10.8 Å². The van der Waals surface area contributed by atoms with E-state index in [9.17, 15) is 8.42 Å². The van der Waals surface area contributed by atoms with Gasteiger partial charge in [0, 0.05) is 12.1 Å². The largest absolute Gasteiger partial charge is 0.291 e. The molecule has 0 atom stereocenters. The fraction of sp³-hybridized carbons (Fsp3) is 0.136. The summed E-state index contributed by atoms with van der Waals surface area (Å²) in [4.78, 5) is 4.69. The molecule has 30 heavy (non-hydrogen) atoms. The first-order chi connectivity index (χ1) is 14.3. The molecule has 3 rings (SSSR count). The maximum absolute atomic E-state index is 13.4. The molecule has 0 bridgehead atoms. The highest BCUT2D eigenvalue weighted by molar-refractivity contribution is 8.13. The summed E-state index contributed by atoms with van der Waals surface area (Å²) in [5.41, 5.74) is 3.24. The fourth-order valence-corrected chi connectivity index (χ4v) is 5.39. The number of halogens is 1. The standard InChI is InChI=1S/C22H22ClN3O2S2/c1-17-9-12-21(13-10-17)30(27,28)26(20-7-5-4-6-8-20)29-25(3)16-24-22-14-11-19(23)15-18(22)2/h4-16H,1-3H3. The highest BCUT2D eigenvalue weighted by Crippen LogP contribution is 2.32. The molecule has 3 aromatic rings. The predicted octanol–water partition coefficient (Wildman–Crippen LogP) is 6.01. The first kappa shape index (κ1) is 22.2. The summed E-state index contributed by atoms with van der Waals surface area (Å²) in [7, 11) is -2.04. The molecule has 0 N–H and O–H groups in total. The van der Waals surface area contributed by atoms with E-state index in [-0.39, 0.29) is 4.90 Å². The zero-order chi connectivity index (χ0) is 21.7. The highest BCUT2D eigenvalue weighted by atomic mass is 35.5. The maximum atomic E-state index is 13.4. The Kier molecular flexibility index (Phi) is 7.07. The van der Waals surface area contributed by atoms with Gasteiger partial charge in [0.1, 0.15) is 6.34 Å². The lowest BCUT2D eigenvalue weighted by Gasteiger charge is -2.26. The molecule has 0 amide bonds. The topological polar surface area (TPSA) is 53.0 Å². The maximum Gasteiger partial charge on any atom is 0.275 e.